The monoisotopic (exact) mass is 240 g/mol. The van der Waals surface area contributed by atoms with E-state index >= 15 is 0 Å². The fraction of sp³-hybridized carbons (Fsp3) is 0.357. The van der Waals surface area contributed by atoms with E-state index in [1.165, 1.54) is 0 Å². The van der Waals surface area contributed by atoms with E-state index in [0.717, 1.165) is 37.1 Å². The van der Waals surface area contributed by atoms with Crippen molar-refractivity contribution in [2.24, 2.45) is 0 Å². The highest BCUT2D eigenvalue weighted by molar-refractivity contribution is 5.56. The second-order valence-corrected chi connectivity index (χ2v) is 4.20. The molecular formula is C14H16N4. The number of benzene rings is 1. The normalized spacial score (nSPS) is 10.2. The number of unbranched alkanes of at least 4 members (excludes halogenated alkanes) is 3. The Bertz CT molecular complexity index is 510. The number of aromatic nitrogens is 3. The molecule has 0 radical (unpaired) electrons. The molecule has 1 heterocycles. The first-order valence-electron chi connectivity index (χ1n) is 6.22. The molecule has 0 saturated heterocycles. The minimum Gasteiger partial charge on any atom is -0.252 e. The molecule has 0 unspecified atom stereocenters. The summed E-state index contributed by atoms with van der Waals surface area (Å²) in [5.74, 6) is 0. The van der Waals surface area contributed by atoms with Crippen molar-refractivity contribution in [1.29, 1.82) is 5.26 Å². The fourth-order valence-electron chi connectivity index (χ4n) is 1.80. The highest BCUT2D eigenvalue weighted by Crippen LogP contribution is 2.15. The minimum atomic E-state index is 0.645. The summed E-state index contributed by atoms with van der Waals surface area (Å²) in [6.45, 7) is 0.866. The Morgan fingerprint density at radius 2 is 1.94 bits per heavy atom. The van der Waals surface area contributed by atoms with E-state index in [1.54, 1.807) is 0 Å². The van der Waals surface area contributed by atoms with Crippen LogP contribution in [0.25, 0.3) is 11.3 Å². The Hall–Kier alpha value is -2.15. The van der Waals surface area contributed by atoms with Gasteiger partial charge in [0.05, 0.1) is 12.3 Å². The fourth-order valence-corrected chi connectivity index (χ4v) is 1.80. The Labute approximate surface area is 107 Å². The van der Waals surface area contributed by atoms with Crippen LogP contribution in [0.5, 0.6) is 0 Å². The predicted molar refractivity (Wildman–Crippen MR) is 69.5 cm³/mol. The average molecular weight is 240 g/mol. The van der Waals surface area contributed by atoms with Crippen molar-refractivity contribution in [3.8, 4) is 17.3 Å². The zero-order valence-electron chi connectivity index (χ0n) is 10.3. The van der Waals surface area contributed by atoms with Crippen LogP contribution in [0.15, 0.2) is 36.5 Å². The van der Waals surface area contributed by atoms with Gasteiger partial charge in [-0.2, -0.15) is 5.26 Å². The standard InChI is InChI=1S/C14H16N4/c15-10-6-1-2-7-11-18-12-14(16-17-18)13-8-4-3-5-9-13/h3-5,8-9,12H,1-2,6-7,11H2. The molecule has 92 valence electrons. The molecule has 0 N–H and O–H groups in total. The van der Waals surface area contributed by atoms with Crippen LogP contribution in [-0.2, 0) is 6.54 Å². The van der Waals surface area contributed by atoms with Crippen LogP contribution in [0.2, 0.25) is 0 Å². The predicted octanol–water partition coefficient (Wildman–Crippen LogP) is 3.03. The largest absolute Gasteiger partial charge is 0.252 e. The number of aryl methyl sites for hydroxylation is 1. The van der Waals surface area contributed by atoms with Crippen LogP contribution in [0, 0.1) is 11.3 Å². The maximum Gasteiger partial charge on any atom is 0.113 e. The van der Waals surface area contributed by atoms with Crippen LogP contribution in [0.1, 0.15) is 25.7 Å². The van der Waals surface area contributed by atoms with Crippen LogP contribution >= 0.6 is 0 Å². The molecule has 2 aromatic rings. The molecule has 2 rings (SSSR count). The second-order valence-electron chi connectivity index (χ2n) is 4.20. The first kappa shape index (κ1) is 12.3. The van der Waals surface area contributed by atoms with Gasteiger partial charge in [-0.25, -0.2) is 0 Å². The second kappa shape index (κ2) is 6.55. The maximum atomic E-state index is 8.43. The summed E-state index contributed by atoms with van der Waals surface area (Å²) >= 11 is 0. The molecule has 0 atom stereocenters. The van der Waals surface area contributed by atoms with E-state index in [2.05, 4.69) is 16.4 Å². The van der Waals surface area contributed by atoms with Crippen LogP contribution < -0.4 is 0 Å². The summed E-state index contributed by atoms with van der Waals surface area (Å²) in [6.07, 6.45) is 5.69. The summed E-state index contributed by atoms with van der Waals surface area (Å²) in [7, 11) is 0. The summed E-state index contributed by atoms with van der Waals surface area (Å²) in [6, 6.07) is 12.2. The van der Waals surface area contributed by atoms with Gasteiger partial charge < -0.3 is 0 Å². The van der Waals surface area contributed by atoms with Gasteiger partial charge in [0.2, 0.25) is 0 Å². The minimum absolute atomic E-state index is 0.645. The van der Waals surface area contributed by atoms with Gasteiger partial charge in [0, 0.05) is 18.5 Å². The molecule has 1 aromatic carbocycles. The van der Waals surface area contributed by atoms with Gasteiger partial charge in [0.15, 0.2) is 0 Å². The highest BCUT2D eigenvalue weighted by atomic mass is 15.4. The van der Waals surface area contributed by atoms with Crippen molar-refractivity contribution in [2.75, 3.05) is 0 Å². The molecule has 1 aromatic heterocycles. The van der Waals surface area contributed by atoms with Crippen molar-refractivity contribution in [1.82, 2.24) is 15.0 Å². The lowest BCUT2D eigenvalue weighted by molar-refractivity contribution is 0.532. The lowest BCUT2D eigenvalue weighted by atomic mass is 10.2. The van der Waals surface area contributed by atoms with E-state index in [1.807, 2.05) is 41.2 Å². The van der Waals surface area contributed by atoms with E-state index < -0.39 is 0 Å². The number of hydrogen-bond donors (Lipinski definition) is 0. The zero-order chi connectivity index (χ0) is 12.6. The molecule has 4 heteroatoms. The zero-order valence-corrected chi connectivity index (χ0v) is 10.3. The molecule has 0 bridgehead atoms. The first-order valence-corrected chi connectivity index (χ1v) is 6.22. The van der Waals surface area contributed by atoms with Crippen LogP contribution in [0.3, 0.4) is 0 Å². The maximum absolute atomic E-state index is 8.43. The number of rotatable bonds is 6. The molecule has 0 amide bonds. The molecule has 0 aliphatic carbocycles. The topological polar surface area (TPSA) is 54.5 Å². The van der Waals surface area contributed by atoms with E-state index in [-0.39, 0.29) is 0 Å². The lowest BCUT2D eigenvalue weighted by Gasteiger charge is -1.98. The van der Waals surface area contributed by atoms with Crippen LogP contribution in [0.4, 0.5) is 0 Å². The van der Waals surface area contributed by atoms with E-state index in [0.29, 0.717) is 6.42 Å². The third-order valence-electron chi connectivity index (χ3n) is 2.78. The average Bonchev–Trinajstić information content (AvgIpc) is 2.88. The van der Waals surface area contributed by atoms with Gasteiger partial charge >= 0.3 is 0 Å². The number of nitriles is 1. The smallest absolute Gasteiger partial charge is 0.113 e. The first-order chi connectivity index (χ1) is 8.90. The Morgan fingerprint density at radius 1 is 1.11 bits per heavy atom. The van der Waals surface area contributed by atoms with E-state index in [9.17, 15) is 0 Å². The summed E-state index contributed by atoms with van der Waals surface area (Å²) in [4.78, 5) is 0. The Balaban J connectivity index is 1.86. The molecule has 0 spiro atoms. The highest BCUT2D eigenvalue weighted by Gasteiger charge is 2.02. The van der Waals surface area contributed by atoms with Crippen molar-refractivity contribution >= 4 is 0 Å². The molecule has 0 aliphatic heterocycles. The molecule has 4 nitrogen and oxygen atoms in total. The Kier molecular flexibility index (Phi) is 4.48. The van der Waals surface area contributed by atoms with Crippen molar-refractivity contribution in [3.63, 3.8) is 0 Å². The molecule has 0 fully saturated rings. The van der Waals surface area contributed by atoms with Gasteiger partial charge in [-0.05, 0) is 12.8 Å². The molecule has 0 saturated carbocycles. The third-order valence-corrected chi connectivity index (χ3v) is 2.78. The lowest BCUT2D eigenvalue weighted by Crippen LogP contribution is -1.98. The summed E-state index contributed by atoms with van der Waals surface area (Å²) in [5, 5.41) is 16.7. The third kappa shape index (κ3) is 3.42. The molecular weight excluding hydrogens is 224 g/mol. The van der Waals surface area contributed by atoms with Crippen molar-refractivity contribution in [3.05, 3.63) is 36.5 Å². The van der Waals surface area contributed by atoms with E-state index in [4.69, 9.17) is 5.26 Å². The van der Waals surface area contributed by atoms with Gasteiger partial charge in [0.25, 0.3) is 0 Å². The van der Waals surface area contributed by atoms with Gasteiger partial charge in [-0.15, -0.1) is 5.10 Å². The van der Waals surface area contributed by atoms with Gasteiger partial charge in [0.1, 0.15) is 5.69 Å². The van der Waals surface area contributed by atoms with Crippen molar-refractivity contribution < 1.29 is 0 Å². The number of nitrogens with zero attached hydrogens (tertiary/aromatic N) is 4. The van der Waals surface area contributed by atoms with Crippen LogP contribution in [-0.4, -0.2) is 15.0 Å². The Morgan fingerprint density at radius 3 is 2.72 bits per heavy atom. The summed E-state index contributed by atoms with van der Waals surface area (Å²) < 4.78 is 1.87. The summed E-state index contributed by atoms with van der Waals surface area (Å²) in [5.41, 5.74) is 2.00. The molecule has 18 heavy (non-hydrogen) atoms. The number of hydrogen-bond acceptors (Lipinski definition) is 3. The van der Waals surface area contributed by atoms with Gasteiger partial charge in [-0.1, -0.05) is 42.0 Å². The van der Waals surface area contributed by atoms with Gasteiger partial charge in [-0.3, -0.25) is 4.68 Å². The SMILES string of the molecule is N#CCCCCCn1cc(-c2ccccc2)nn1. The quantitative estimate of drug-likeness (QED) is 0.729. The molecule has 0 aliphatic rings. The van der Waals surface area contributed by atoms with Crippen molar-refractivity contribution in [2.45, 2.75) is 32.2 Å².